The summed E-state index contributed by atoms with van der Waals surface area (Å²) in [6, 6.07) is 11.1. The van der Waals surface area contributed by atoms with Crippen molar-refractivity contribution >= 4 is 11.6 Å². The second-order valence-electron chi connectivity index (χ2n) is 6.15. The van der Waals surface area contributed by atoms with E-state index in [1.165, 1.54) is 6.07 Å². The smallest absolute Gasteiger partial charge is 0.164 e. The van der Waals surface area contributed by atoms with Crippen molar-refractivity contribution in [3.8, 4) is 22.5 Å². The summed E-state index contributed by atoms with van der Waals surface area (Å²) in [6.45, 7) is 6.07. The number of aryl methyl sites for hydroxylation is 1. The van der Waals surface area contributed by atoms with E-state index >= 15 is 0 Å². The van der Waals surface area contributed by atoms with Crippen LogP contribution in [0.2, 0.25) is 0 Å². The SMILES string of the molecule is Cc1ccc(F)c(-c2ccc(CCl)cc2-c2nncn2C(C)C)c1. The van der Waals surface area contributed by atoms with Gasteiger partial charge in [0.15, 0.2) is 5.82 Å². The van der Waals surface area contributed by atoms with Crippen LogP contribution in [0.15, 0.2) is 42.7 Å². The van der Waals surface area contributed by atoms with E-state index < -0.39 is 0 Å². The van der Waals surface area contributed by atoms with Crippen molar-refractivity contribution in [2.45, 2.75) is 32.7 Å². The van der Waals surface area contributed by atoms with E-state index in [1.807, 2.05) is 35.8 Å². The van der Waals surface area contributed by atoms with E-state index in [0.29, 0.717) is 17.3 Å². The van der Waals surface area contributed by atoms with Crippen LogP contribution in [0.5, 0.6) is 0 Å². The Kier molecular flexibility index (Phi) is 4.67. The van der Waals surface area contributed by atoms with Crippen LogP contribution in [0.4, 0.5) is 4.39 Å². The monoisotopic (exact) mass is 343 g/mol. The average molecular weight is 344 g/mol. The average Bonchev–Trinajstić information content (AvgIpc) is 3.06. The number of hydrogen-bond acceptors (Lipinski definition) is 2. The Hall–Kier alpha value is -2.20. The maximum absolute atomic E-state index is 14.4. The molecule has 0 spiro atoms. The van der Waals surface area contributed by atoms with E-state index in [9.17, 15) is 4.39 Å². The van der Waals surface area contributed by atoms with E-state index in [1.54, 1.807) is 12.4 Å². The fraction of sp³-hybridized carbons (Fsp3) is 0.263. The lowest BCUT2D eigenvalue weighted by Crippen LogP contribution is -2.03. The topological polar surface area (TPSA) is 30.7 Å². The number of nitrogens with zero attached hydrogens (tertiary/aromatic N) is 3. The molecule has 0 aliphatic heterocycles. The molecule has 1 aromatic heterocycles. The molecule has 24 heavy (non-hydrogen) atoms. The highest BCUT2D eigenvalue weighted by Gasteiger charge is 2.17. The van der Waals surface area contributed by atoms with Gasteiger partial charge in [0, 0.05) is 23.0 Å². The molecule has 2 aromatic carbocycles. The molecule has 0 amide bonds. The fourth-order valence-electron chi connectivity index (χ4n) is 2.75. The Morgan fingerprint density at radius 2 is 1.88 bits per heavy atom. The second kappa shape index (κ2) is 6.73. The van der Waals surface area contributed by atoms with Gasteiger partial charge in [0.1, 0.15) is 12.1 Å². The normalized spacial score (nSPS) is 11.2. The number of aromatic nitrogens is 3. The zero-order valence-corrected chi connectivity index (χ0v) is 14.7. The molecule has 0 aliphatic carbocycles. The Labute approximate surface area is 146 Å². The van der Waals surface area contributed by atoms with Gasteiger partial charge in [-0.15, -0.1) is 21.8 Å². The summed E-state index contributed by atoms with van der Waals surface area (Å²) in [4.78, 5) is 0. The quantitative estimate of drug-likeness (QED) is 0.595. The van der Waals surface area contributed by atoms with Crippen LogP contribution in [0.3, 0.4) is 0 Å². The highest BCUT2D eigenvalue weighted by atomic mass is 35.5. The summed E-state index contributed by atoms with van der Waals surface area (Å²) in [5.74, 6) is 0.850. The number of rotatable bonds is 4. The van der Waals surface area contributed by atoms with Gasteiger partial charge in [-0.1, -0.05) is 23.8 Å². The van der Waals surface area contributed by atoms with E-state index in [0.717, 1.165) is 22.3 Å². The number of hydrogen-bond donors (Lipinski definition) is 0. The third-order valence-corrected chi connectivity index (χ3v) is 4.33. The summed E-state index contributed by atoms with van der Waals surface area (Å²) in [6.07, 6.45) is 1.70. The predicted octanol–water partition coefficient (Wildman–Crippen LogP) is 5.38. The molecular formula is C19H19ClFN3. The molecule has 3 rings (SSSR count). The van der Waals surface area contributed by atoms with Crippen LogP contribution >= 0.6 is 11.6 Å². The highest BCUT2D eigenvalue weighted by Crippen LogP contribution is 2.35. The van der Waals surface area contributed by atoms with Crippen molar-refractivity contribution in [2.75, 3.05) is 0 Å². The van der Waals surface area contributed by atoms with Crippen LogP contribution in [0, 0.1) is 12.7 Å². The minimum atomic E-state index is -0.254. The Morgan fingerprint density at radius 1 is 1.08 bits per heavy atom. The van der Waals surface area contributed by atoms with Gasteiger partial charge in [-0.2, -0.15) is 0 Å². The molecule has 0 fully saturated rings. The molecule has 0 N–H and O–H groups in total. The summed E-state index contributed by atoms with van der Waals surface area (Å²) in [5.41, 5.74) is 4.15. The lowest BCUT2D eigenvalue weighted by Gasteiger charge is -2.15. The fourth-order valence-corrected chi connectivity index (χ4v) is 2.92. The molecular weight excluding hydrogens is 325 g/mol. The largest absolute Gasteiger partial charge is 0.311 e. The predicted molar refractivity (Wildman–Crippen MR) is 95.5 cm³/mol. The third kappa shape index (κ3) is 3.06. The van der Waals surface area contributed by atoms with Crippen LogP contribution in [-0.2, 0) is 5.88 Å². The minimum absolute atomic E-state index is 0.199. The van der Waals surface area contributed by atoms with Gasteiger partial charge < -0.3 is 4.57 Å². The van der Waals surface area contributed by atoms with Gasteiger partial charge in [-0.05, 0) is 50.1 Å². The van der Waals surface area contributed by atoms with Crippen molar-refractivity contribution in [3.05, 3.63) is 59.7 Å². The summed E-state index contributed by atoms with van der Waals surface area (Å²) < 4.78 is 16.4. The molecule has 0 bridgehead atoms. The molecule has 0 aliphatic rings. The van der Waals surface area contributed by atoms with Gasteiger partial charge >= 0.3 is 0 Å². The van der Waals surface area contributed by atoms with Crippen LogP contribution in [0.1, 0.15) is 31.0 Å². The molecule has 124 valence electrons. The Morgan fingerprint density at radius 3 is 2.58 bits per heavy atom. The van der Waals surface area contributed by atoms with Crippen molar-refractivity contribution in [2.24, 2.45) is 0 Å². The summed E-state index contributed by atoms with van der Waals surface area (Å²) >= 11 is 6.00. The second-order valence-corrected chi connectivity index (χ2v) is 6.42. The molecule has 0 radical (unpaired) electrons. The first-order valence-corrected chi connectivity index (χ1v) is 8.40. The molecule has 3 aromatic rings. The summed E-state index contributed by atoms with van der Waals surface area (Å²) in [7, 11) is 0. The standard InChI is InChI=1S/C19H19ClFN3/c1-12(2)24-11-22-23-19(24)17-9-14(10-20)5-6-15(17)16-8-13(3)4-7-18(16)21/h4-9,11-12H,10H2,1-3H3. The van der Waals surface area contributed by atoms with E-state index in [2.05, 4.69) is 24.0 Å². The Balaban J connectivity index is 2.28. The maximum Gasteiger partial charge on any atom is 0.164 e. The van der Waals surface area contributed by atoms with Crippen molar-refractivity contribution in [1.29, 1.82) is 0 Å². The lowest BCUT2D eigenvalue weighted by molar-refractivity contribution is 0.604. The van der Waals surface area contributed by atoms with E-state index in [4.69, 9.17) is 11.6 Å². The first kappa shape index (κ1) is 16.7. The molecule has 0 saturated heterocycles. The molecule has 0 saturated carbocycles. The zero-order valence-electron chi connectivity index (χ0n) is 13.9. The number of alkyl halides is 1. The number of benzene rings is 2. The minimum Gasteiger partial charge on any atom is -0.311 e. The maximum atomic E-state index is 14.4. The number of halogens is 2. The van der Waals surface area contributed by atoms with Gasteiger partial charge in [0.2, 0.25) is 0 Å². The van der Waals surface area contributed by atoms with Crippen LogP contribution in [0.25, 0.3) is 22.5 Å². The van der Waals surface area contributed by atoms with Gasteiger partial charge in [0.05, 0.1) is 0 Å². The molecule has 5 heteroatoms. The van der Waals surface area contributed by atoms with Crippen molar-refractivity contribution in [3.63, 3.8) is 0 Å². The zero-order chi connectivity index (χ0) is 17.3. The first-order valence-electron chi connectivity index (χ1n) is 7.86. The van der Waals surface area contributed by atoms with E-state index in [-0.39, 0.29) is 11.9 Å². The third-order valence-electron chi connectivity index (χ3n) is 4.02. The highest BCUT2D eigenvalue weighted by molar-refractivity contribution is 6.17. The first-order chi connectivity index (χ1) is 11.5. The Bertz CT molecular complexity index is 871. The lowest BCUT2D eigenvalue weighted by atomic mass is 9.95. The molecule has 3 nitrogen and oxygen atoms in total. The van der Waals surface area contributed by atoms with Crippen LogP contribution in [-0.4, -0.2) is 14.8 Å². The van der Waals surface area contributed by atoms with Crippen molar-refractivity contribution in [1.82, 2.24) is 14.8 Å². The molecule has 1 heterocycles. The summed E-state index contributed by atoms with van der Waals surface area (Å²) in [5, 5.41) is 8.31. The molecule has 0 unspecified atom stereocenters. The van der Waals surface area contributed by atoms with Gasteiger partial charge in [0.25, 0.3) is 0 Å². The molecule has 0 atom stereocenters. The van der Waals surface area contributed by atoms with Gasteiger partial charge in [-0.25, -0.2) is 4.39 Å². The van der Waals surface area contributed by atoms with Crippen molar-refractivity contribution < 1.29 is 4.39 Å². The van der Waals surface area contributed by atoms with Crippen LogP contribution < -0.4 is 0 Å². The van der Waals surface area contributed by atoms with Gasteiger partial charge in [-0.3, -0.25) is 0 Å².